The van der Waals surface area contributed by atoms with Gasteiger partial charge < -0.3 is 14.6 Å². The van der Waals surface area contributed by atoms with Gasteiger partial charge in [-0.1, -0.05) is 0 Å². The van der Waals surface area contributed by atoms with Crippen LogP contribution in [0.25, 0.3) is 0 Å². The highest BCUT2D eigenvalue weighted by molar-refractivity contribution is 4.51. The van der Waals surface area contributed by atoms with Crippen molar-refractivity contribution in [2.75, 3.05) is 33.1 Å². The van der Waals surface area contributed by atoms with Gasteiger partial charge in [-0.05, 0) is 0 Å². The van der Waals surface area contributed by atoms with E-state index in [-0.39, 0.29) is 19.8 Å². The van der Waals surface area contributed by atoms with Crippen LogP contribution < -0.4 is 0 Å². The molecule has 0 aromatic rings. The average molecular weight is 202 g/mol. The Morgan fingerprint density at radius 2 is 1.69 bits per heavy atom. The molecule has 0 bridgehead atoms. The number of halogens is 3. The fraction of sp³-hybridized carbons (Fsp3) is 1.00. The maximum absolute atomic E-state index is 11.5. The van der Waals surface area contributed by atoms with Gasteiger partial charge >= 0.3 is 0 Å². The summed E-state index contributed by atoms with van der Waals surface area (Å²) in [6, 6.07) is 0. The first-order valence-electron chi connectivity index (χ1n) is 3.84. The van der Waals surface area contributed by atoms with Crippen molar-refractivity contribution in [1.29, 1.82) is 0 Å². The zero-order chi connectivity index (χ0) is 10.1. The van der Waals surface area contributed by atoms with E-state index in [1.165, 1.54) is 0 Å². The smallest absolute Gasteiger partial charge is 0.261 e. The topological polar surface area (TPSA) is 38.7 Å². The van der Waals surface area contributed by atoms with Gasteiger partial charge in [-0.2, -0.15) is 0 Å². The molecule has 0 rings (SSSR count). The summed E-state index contributed by atoms with van der Waals surface area (Å²) in [5.41, 5.74) is 0. The zero-order valence-corrected chi connectivity index (χ0v) is 7.09. The van der Waals surface area contributed by atoms with Gasteiger partial charge in [-0.3, -0.25) is 0 Å². The molecule has 0 aliphatic rings. The molecule has 3 nitrogen and oxygen atoms in total. The Balaban J connectivity index is 3.15. The zero-order valence-electron chi connectivity index (χ0n) is 7.09. The molecule has 0 saturated heterocycles. The van der Waals surface area contributed by atoms with Crippen LogP contribution in [0.4, 0.5) is 13.2 Å². The number of aliphatic hydroxyl groups is 1. The largest absolute Gasteiger partial charge is 0.388 e. The normalized spacial score (nSPS) is 13.6. The van der Waals surface area contributed by atoms with Crippen LogP contribution in [0, 0.1) is 0 Å². The first-order chi connectivity index (χ1) is 6.16. The lowest BCUT2D eigenvalue weighted by atomic mass is 10.4. The number of hydrogen-bond donors (Lipinski definition) is 1. The van der Waals surface area contributed by atoms with Crippen molar-refractivity contribution in [2.45, 2.75) is 12.5 Å². The molecule has 0 aromatic carbocycles. The van der Waals surface area contributed by atoms with Gasteiger partial charge in [0.05, 0.1) is 19.8 Å². The third kappa shape index (κ3) is 9.59. The fourth-order valence-corrected chi connectivity index (χ4v) is 0.615. The van der Waals surface area contributed by atoms with Gasteiger partial charge in [-0.15, -0.1) is 0 Å². The van der Waals surface area contributed by atoms with E-state index in [2.05, 4.69) is 9.47 Å². The molecule has 0 aliphatic carbocycles. The number of ether oxygens (including phenoxy) is 2. The molecule has 0 spiro atoms. The van der Waals surface area contributed by atoms with E-state index in [1.54, 1.807) is 0 Å². The molecule has 1 unspecified atom stereocenters. The monoisotopic (exact) mass is 202 g/mol. The van der Waals surface area contributed by atoms with Crippen LogP contribution in [0.15, 0.2) is 0 Å². The Labute approximate surface area is 74.4 Å². The molecule has 0 radical (unpaired) electrons. The second-order valence-electron chi connectivity index (χ2n) is 2.35. The van der Waals surface area contributed by atoms with Gasteiger partial charge in [0, 0.05) is 0 Å². The minimum atomic E-state index is -2.54. The summed E-state index contributed by atoms with van der Waals surface area (Å²) in [7, 11) is 0. The predicted octanol–water partition coefficient (Wildman–Crippen LogP) is 0.615. The molecule has 1 N–H and O–H groups in total. The highest BCUT2D eigenvalue weighted by atomic mass is 19.3. The van der Waals surface area contributed by atoms with Crippen molar-refractivity contribution < 1.29 is 27.8 Å². The summed E-state index contributed by atoms with van der Waals surface area (Å²) in [4.78, 5) is 0. The Morgan fingerprint density at radius 1 is 1.08 bits per heavy atom. The summed E-state index contributed by atoms with van der Waals surface area (Å²) in [5.74, 6) is 0. The van der Waals surface area contributed by atoms with E-state index in [9.17, 15) is 13.2 Å². The highest BCUT2D eigenvalue weighted by Gasteiger charge is 2.07. The van der Waals surface area contributed by atoms with Crippen molar-refractivity contribution in [3.05, 3.63) is 0 Å². The summed E-state index contributed by atoms with van der Waals surface area (Å²) in [5, 5.41) is 8.97. The second-order valence-corrected chi connectivity index (χ2v) is 2.35. The molecule has 80 valence electrons. The lowest BCUT2D eigenvalue weighted by molar-refractivity contribution is -0.0473. The molecule has 0 aromatic heterocycles. The highest BCUT2D eigenvalue weighted by Crippen LogP contribution is 1.94. The number of rotatable bonds is 8. The molecule has 0 aliphatic heterocycles. The van der Waals surface area contributed by atoms with Crippen LogP contribution in [-0.2, 0) is 9.47 Å². The van der Waals surface area contributed by atoms with Crippen LogP contribution in [0.2, 0.25) is 0 Å². The van der Waals surface area contributed by atoms with Crippen LogP contribution in [0.1, 0.15) is 0 Å². The van der Waals surface area contributed by atoms with E-state index in [0.717, 1.165) is 0 Å². The SMILES string of the molecule is OC(COCCF)COCC(F)F. The molecule has 0 saturated carbocycles. The molecule has 0 heterocycles. The molecule has 1 atom stereocenters. The van der Waals surface area contributed by atoms with Crippen molar-refractivity contribution in [3.63, 3.8) is 0 Å². The number of aliphatic hydroxyl groups excluding tert-OH is 1. The first-order valence-corrected chi connectivity index (χ1v) is 3.84. The first kappa shape index (κ1) is 12.7. The van der Waals surface area contributed by atoms with Crippen molar-refractivity contribution in [3.8, 4) is 0 Å². The minimum absolute atomic E-state index is 0.104. The van der Waals surface area contributed by atoms with Crippen LogP contribution in [0.5, 0.6) is 0 Å². The molecule has 13 heavy (non-hydrogen) atoms. The van der Waals surface area contributed by atoms with Crippen molar-refractivity contribution in [2.24, 2.45) is 0 Å². The van der Waals surface area contributed by atoms with Gasteiger partial charge in [0.25, 0.3) is 6.43 Å². The van der Waals surface area contributed by atoms with Crippen LogP contribution >= 0.6 is 0 Å². The van der Waals surface area contributed by atoms with E-state index >= 15 is 0 Å². The van der Waals surface area contributed by atoms with Gasteiger partial charge in [0.1, 0.15) is 19.4 Å². The van der Waals surface area contributed by atoms with Crippen molar-refractivity contribution >= 4 is 0 Å². The van der Waals surface area contributed by atoms with Crippen LogP contribution in [0.3, 0.4) is 0 Å². The molecule has 0 amide bonds. The van der Waals surface area contributed by atoms with Gasteiger partial charge in [0.15, 0.2) is 0 Å². The standard InChI is InChI=1S/C7H13F3O3/c8-1-2-12-3-6(11)4-13-5-7(9)10/h6-7,11H,1-5H2. The molecule has 6 heteroatoms. The predicted molar refractivity (Wildman–Crippen MR) is 39.6 cm³/mol. The summed E-state index contributed by atoms with van der Waals surface area (Å²) in [6.45, 7) is -1.78. The average Bonchev–Trinajstić information content (AvgIpc) is 2.04. The molecular formula is C7H13F3O3. The number of alkyl halides is 3. The lowest BCUT2D eigenvalue weighted by Gasteiger charge is -2.10. The Hall–Kier alpha value is -0.330. The van der Waals surface area contributed by atoms with E-state index in [1.807, 2.05) is 0 Å². The Bertz CT molecular complexity index is 113. The summed E-state index contributed by atoms with van der Waals surface area (Å²) in [6.07, 6.45) is -3.52. The maximum atomic E-state index is 11.5. The van der Waals surface area contributed by atoms with E-state index in [0.29, 0.717) is 0 Å². The maximum Gasteiger partial charge on any atom is 0.261 e. The van der Waals surface area contributed by atoms with E-state index in [4.69, 9.17) is 5.11 Å². The van der Waals surface area contributed by atoms with Gasteiger partial charge in [0.2, 0.25) is 0 Å². The fourth-order valence-electron chi connectivity index (χ4n) is 0.615. The third-order valence-electron chi connectivity index (χ3n) is 1.09. The van der Waals surface area contributed by atoms with Crippen LogP contribution in [-0.4, -0.2) is 50.7 Å². The lowest BCUT2D eigenvalue weighted by Crippen LogP contribution is -2.23. The van der Waals surface area contributed by atoms with Gasteiger partial charge in [-0.25, -0.2) is 13.2 Å². The molecule has 0 fully saturated rings. The van der Waals surface area contributed by atoms with E-state index < -0.39 is 25.8 Å². The Morgan fingerprint density at radius 3 is 2.23 bits per heavy atom. The molecular weight excluding hydrogens is 189 g/mol. The number of hydrogen-bond acceptors (Lipinski definition) is 3. The minimum Gasteiger partial charge on any atom is -0.388 e. The summed E-state index contributed by atoms with van der Waals surface area (Å²) < 4.78 is 43.5. The second kappa shape index (κ2) is 8.28. The Kier molecular flexibility index (Phi) is 8.07. The summed E-state index contributed by atoms with van der Waals surface area (Å²) >= 11 is 0. The quantitative estimate of drug-likeness (QED) is 0.586. The van der Waals surface area contributed by atoms with Crippen molar-refractivity contribution in [1.82, 2.24) is 0 Å². The third-order valence-corrected chi connectivity index (χ3v) is 1.09.